The number of hydrogen-bond acceptors (Lipinski definition) is 4. The minimum Gasteiger partial charge on any atom is -0.496 e. The Morgan fingerprint density at radius 2 is 1.65 bits per heavy atom. The van der Waals surface area contributed by atoms with E-state index in [0.717, 1.165) is 32.7 Å². The molecule has 0 radical (unpaired) electrons. The van der Waals surface area contributed by atoms with Crippen molar-refractivity contribution in [1.29, 1.82) is 0 Å². The van der Waals surface area contributed by atoms with Crippen molar-refractivity contribution in [2.75, 3.05) is 13.7 Å². The molecule has 3 rings (SSSR count). The zero-order valence-electron chi connectivity index (χ0n) is 17.5. The first-order valence-corrected chi connectivity index (χ1v) is 10.9. The minimum absolute atomic E-state index is 0. The van der Waals surface area contributed by atoms with Crippen LogP contribution in [-0.4, -0.2) is 13.7 Å². The molecule has 0 saturated carbocycles. The lowest BCUT2D eigenvalue weighted by Crippen LogP contribution is -2.13. The molecule has 0 heterocycles. The molecule has 0 unspecified atom stereocenters. The molecule has 4 nitrogen and oxygen atoms in total. The lowest BCUT2D eigenvalue weighted by molar-refractivity contribution is 0.267. The van der Waals surface area contributed by atoms with Crippen molar-refractivity contribution in [2.45, 2.75) is 26.6 Å². The van der Waals surface area contributed by atoms with Crippen LogP contribution in [0.2, 0.25) is 5.02 Å². The summed E-state index contributed by atoms with van der Waals surface area (Å²) in [6.45, 7) is 4.35. The molecule has 0 aliphatic rings. The van der Waals surface area contributed by atoms with E-state index in [1.807, 2.05) is 55.5 Å². The SMILES string of the molecule is CCOc1cc(CNCc2ccccc2OC)cc(Br)c1OCc1ccc(Cl)cc1.Cl. The van der Waals surface area contributed by atoms with E-state index in [9.17, 15) is 0 Å². The van der Waals surface area contributed by atoms with Gasteiger partial charge in [0.05, 0.1) is 18.2 Å². The average Bonchev–Trinajstić information content (AvgIpc) is 2.75. The van der Waals surface area contributed by atoms with Gasteiger partial charge in [0.15, 0.2) is 11.5 Å². The van der Waals surface area contributed by atoms with Crippen LogP contribution in [0, 0.1) is 0 Å². The molecule has 3 aromatic rings. The van der Waals surface area contributed by atoms with E-state index in [2.05, 4.69) is 33.4 Å². The molecule has 166 valence electrons. The zero-order chi connectivity index (χ0) is 21.3. The van der Waals surface area contributed by atoms with Crippen molar-refractivity contribution in [3.8, 4) is 17.2 Å². The molecule has 31 heavy (non-hydrogen) atoms. The van der Waals surface area contributed by atoms with E-state index in [4.69, 9.17) is 25.8 Å². The first-order chi connectivity index (χ1) is 14.6. The quantitative estimate of drug-likeness (QED) is 0.315. The van der Waals surface area contributed by atoms with Crippen LogP contribution in [0.4, 0.5) is 0 Å². The summed E-state index contributed by atoms with van der Waals surface area (Å²) in [6, 6.07) is 19.7. The maximum absolute atomic E-state index is 6.05. The lowest BCUT2D eigenvalue weighted by atomic mass is 10.1. The van der Waals surface area contributed by atoms with E-state index in [-0.39, 0.29) is 12.4 Å². The van der Waals surface area contributed by atoms with E-state index < -0.39 is 0 Å². The average molecular weight is 527 g/mol. The van der Waals surface area contributed by atoms with Crippen molar-refractivity contribution < 1.29 is 14.2 Å². The van der Waals surface area contributed by atoms with Crippen LogP contribution in [0.1, 0.15) is 23.6 Å². The van der Waals surface area contributed by atoms with Crippen molar-refractivity contribution >= 4 is 39.9 Å². The van der Waals surface area contributed by atoms with E-state index in [1.165, 1.54) is 0 Å². The van der Waals surface area contributed by atoms with Crippen LogP contribution in [0.5, 0.6) is 17.2 Å². The largest absolute Gasteiger partial charge is 0.496 e. The second-order valence-corrected chi connectivity index (χ2v) is 7.96. The topological polar surface area (TPSA) is 39.7 Å². The van der Waals surface area contributed by atoms with Gasteiger partial charge in [-0.1, -0.05) is 41.9 Å². The van der Waals surface area contributed by atoms with Gasteiger partial charge in [-0.25, -0.2) is 0 Å². The summed E-state index contributed by atoms with van der Waals surface area (Å²) in [5.41, 5.74) is 3.25. The van der Waals surface area contributed by atoms with Gasteiger partial charge in [0.1, 0.15) is 12.4 Å². The Kier molecular flexibility index (Phi) is 10.5. The summed E-state index contributed by atoms with van der Waals surface area (Å²) >= 11 is 9.59. The number of benzene rings is 3. The van der Waals surface area contributed by atoms with Crippen LogP contribution in [-0.2, 0) is 19.7 Å². The monoisotopic (exact) mass is 525 g/mol. The highest BCUT2D eigenvalue weighted by Gasteiger charge is 2.13. The van der Waals surface area contributed by atoms with Crippen LogP contribution < -0.4 is 19.5 Å². The summed E-state index contributed by atoms with van der Waals surface area (Å²) in [7, 11) is 1.69. The number of methoxy groups -OCH3 is 1. The highest BCUT2D eigenvalue weighted by Crippen LogP contribution is 2.37. The Morgan fingerprint density at radius 3 is 2.35 bits per heavy atom. The summed E-state index contributed by atoms with van der Waals surface area (Å²) in [5, 5.41) is 4.17. The molecule has 0 aromatic heterocycles. The Bertz CT molecular complexity index is 968. The van der Waals surface area contributed by atoms with Crippen LogP contribution >= 0.6 is 39.9 Å². The molecule has 0 saturated heterocycles. The number of ether oxygens (including phenoxy) is 3. The molecular weight excluding hydrogens is 501 g/mol. The second-order valence-electron chi connectivity index (χ2n) is 6.67. The van der Waals surface area contributed by atoms with Crippen molar-refractivity contribution in [3.05, 3.63) is 86.8 Å². The Hall–Kier alpha value is -1.92. The Morgan fingerprint density at radius 1 is 0.903 bits per heavy atom. The summed E-state index contributed by atoms with van der Waals surface area (Å²) in [4.78, 5) is 0. The van der Waals surface area contributed by atoms with E-state index in [1.54, 1.807) is 7.11 Å². The predicted molar refractivity (Wildman–Crippen MR) is 132 cm³/mol. The summed E-state index contributed by atoms with van der Waals surface area (Å²) < 4.78 is 18.2. The number of nitrogens with one attached hydrogen (secondary N) is 1. The molecule has 0 aliphatic carbocycles. The lowest BCUT2D eigenvalue weighted by Gasteiger charge is -2.16. The number of rotatable bonds is 10. The molecule has 0 atom stereocenters. The fourth-order valence-electron chi connectivity index (χ4n) is 3.05. The molecule has 0 aliphatic heterocycles. The summed E-state index contributed by atoms with van der Waals surface area (Å²) in [6.07, 6.45) is 0. The standard InChI is InChI=1S/C24H25BrClNO3.ClH/c1-3-29-23-13-18(14-27-15-19-6-4-5-7-22(19)28-2)12-21(25)24(23)30-16-17-8-10-20(26)11-9-17;/h4-13,27H,3,14-16H2,1-2H3;1H. The van der Waals surface area contributed by atoms with Gasteiger partial charge in [-0.15, -0.1) is 12.4 Å². The smallest absolute Gasteiger partial charge is 0.175 e. The summed E-state index contributed by atoms with van der Waals surface area (Å²) in [5.74, 6) is 2.29. The van der Waals surface area contributed by atoms with Crippen molar-refractivity contribution in [2.24, 2.45) is 0 Å². The van der Waals surface area contributed by atoms with Gasteiger partial charge in [0.25, 0.3) is 0 Å². The molecule has 0 bridgehead atoms. The van der Waals surface area contributed by atoms with Crippen molar-refractivity contribution in [3.63, 3.8) is 0 Å². The fraction of sp³-hybridized carbons (Fsp3) is 0.250. The second kappa shape index (κ2) is 12.8. The predicted octanol–water partition coefficient (Wildman–Crippen LogP) is 6.80. The molecule has 0 amide bonds. The molecule has 7 heteroatoms. The first-order valence-electron chi connectivity index (χ1n) is 9.75. The Labute approximate surface area is 203 Å². The first kappa shape index (κ1) is 25.3. The normalized spacial score (nSPS) is 10.3. The molecule has 0 fully saturated rings. The van der Waals surface area contributed by atoms with Gasteiger partial charge in [-0.05, 0) is 64.3 Å². The highest BCUT2D eigenvalue weighted by molar-refractivity contribution is 9.10. The van der Waals surface area contributed by atoms with Gasteiger partial charge in [0.2, 0.25) is 0 Å². The molecule has 1 N–H and O–H groups in total. The third-order valence-corrected chi connectivity index (χ3v) is 5.34. The number of hydrogen-bond donors (Lipinski definition) is 1. The fourth-order valence-corrected chi connectivity index (χ4v) is 3.78. The molecular formula is C24H26BrCl2NO3. The molecule has 0 spiro atoms. The van der Waals surface area contributed by atoms with Crippen LogP contribution in [0.15, 0.2) is 65.1 Å². The van der Waals surface area contributed by atoms with Crippen LogP contribution in [0.3, 0.4) is 0 Å². The van der Waals surface area contributed by atoms with E-state index in [0.29, 0.717) is 37.1 Å². The van der Waals surface area contributed by atoms with Gasteiger partial charge in [0, 0.05) is 23.7 Å². The third-order valence-electron chi connectivity index (χ3n) is 4.50. The third kappa shape index (κ3) is 7.32. The van der Waals surface area contributed by atoms with Gasteiger partial charge in [-0.2, -0.15) is 0 Å². The maximum atomic E-state index is 6.05. The molecule has 3 aromatic carbocycles. The van der Waals surface area contributed by atoms with Gasteiger partial charge < -0.3 is 19.5 Å². The Balaban J connectivity index is 0.00000341. The highest BCUT2D eigenvalue weighted by atomic mass is 79.9. The van der Waals surface area contributed by atoms with Crippen LogP contribution in [0.25, 0.3) is 0 Å². The minimum atomic E-state index is 0. The number of halogens is 3. The maximum Gasteiger partial charge on any atom is 0.175 e. The zero-order valence-corrected chi connectivity index (χ0v) is 20.6. The van der Waals surface area contributed by atoms with Crippen molar-refractivity contribution in [1.82, 2.24) is 5.32 Å². The van der Waals surface area contributed by atoms with E-state index >= 15 is 0 Å². The number of para-hydroxylation sites is 1. The van der Waals surface area contributed by atoms with Gasteiger partial charge in [-0.3, -0.25) is 0 Å². The van der Waals surface area contributed by atoms with Gasteiger partial charge >= 0.3 is 0 Å².